The molecule has 1 aliphatic rings. The summed E-state index contributed by atoms with van der Waals surface area (Å²) >= 11 is 1.21. The number of aliphatic hydroxyl groups excluding tert-OH is 1. The van der Waals surface area contributed by atoms with E-state index in [-0.39, 0.29) is 12.4 Å². The summed E-state index contributed by atoms with van der Waals surface area (Å²) in [6.07, 6.45) is 0. The van der Waals surface area contributed by atoms with Gasteiger partial charge in [-0.2, -0.15) is 5.01 Å². The van der Waals surface area contributed by atoms with Gasteiger partial charge in [0.2, 0.25) is 5.91 Å². The molecule has 0 radical (unpaired) electrons. The van der Waals surface area contributed by atoms with Crippen molar-refractivity contribution in [3.63, 3.8) is 0 Å². The number of carbonyl (C=O) groups is 3. The summed E-state index contributed by atoms with van der Waals surface area (Å²) in [6, 6.07) is 17.1. The summed E-state index contributed by atoms with van der Waals surface area (Å²) in [5, 5.41) is 12.3. The van der Waals surface area contributed by atoms with E-state index in [0.717, 1.165) is 5.01 Å². The first-order valence-electron chi connectivity index (χ1n) is 8.35. The van der Waals surface area contributed by atoms with Gasteiger partial charge in [0.1, 0.15) is 0 Å². The Balaban J connectivity index is 1.93. The molecule has 1 heterocycles. The van der Waals surface area contributed by atoms with Crippen molar-refractivity contribution in [1.82, 2.24) is 15.8 Å². The number of rotatable bonds is 7. The van der Waals surface area contributed by atoms with Crippen LogP contribution in [0.1, 0.15) is 11.1 Å². The molecular formula is C19H19N3O4S. The Bertz CT molecular complexity index is 790. The number of urea groups is 1. The molecule has 0 atom stereocenters. The number of nitrogens with zero attached hydrogens (tertiary/aromatic N) is 1. The monoisotopic (exact) mass is 385 g/mol. The molecular weight excluding hydrogens is 366 g/mol. The SMILES string of the molecule is O=C(CSCCO)NN1C(=O)NC(c2ccccc2)(c2ccccc2)C1=O. The van der Waals surface area contributed by atoms with Crippen molar-refractivity contribution in [2.24, 2.45) is 0 Å². The van der Waals surface area contributed by atoms with Crippen LogP contribution in [-0.4, -0.2) is 46.1 Å². The molecule has 8 heteroatoms. The molecule has 2 aromatic rings. The highest BCUT2D eigenvalue weighted by atomic mass is 32.2. The smallest absolute Gasteiger partial charge is 0.344 e. The van der Waals surface area contributed by atoms with Crippen LogP contribution in [0.3, 0.4) is 0 Å². The van der Waals surface area contributed by atoms with E-state index in [4.69, 9.17) is 5.11 Å². The lowest BCUT2D eigenvalue weighted by atomic mass is 9.83. The Morgan fingerprint density at radius 1 is 1.04 bits per heavy atom. The number of carbonyl (C=O) groups excluding carboxylic acids is 3. The van der Waals surface area contributed by atoms with E-state index in [0.29, 0.717) is 16.9 Å². The average Bonchev–Trinajstić information content (AvgIpc) is 2.95. The van der Waals surface area contributed by atoms with Crippen LogP contribution in [0.5, 0.6) is 0 Å². The number of hydrogen-bond donors (Lipinski definition) is 3. The van der Waals surface area contributed by atoms with E-state index in [1.54, 1.807) is 48.5 Å². The number of nitrogens with one attached hydrogen (secondary N) is 2. The molecule has 1 aliphatic heterocycles. The predicted octanol–water partition coefficient (Wildman–Crippen LogP) is 1.24. The van der Waals surface area contributed by atoms with Gasteiger partial charge in [-0.15, -0.1) is 11.8 Å². The van der Waals surface area contributed by atoms with E-state index in [1.165, 1.54) is 11.8 Å². The van der Waals surface area contributed by atoms with Gasteiger partial charge in [-0.1, -0.05) is 60.7 Å². The van der Waals surface area contributed by atoms with Crippen LogP contribution in [0.15, 0.2) is 60.7 Å². The number of thioether (sulfide) groups is 1. The topological polar surface area (TPSA) is 98.7 Å². The van der Waals surface area contributed by atoms with Gasteiger partial charge in [0.15, 0.2) is 5.54 Å². The molecule has 0 aromatic heterocycles. The maximum atomic E-state index is 13.3. The first-order chi connectivity index (χ1) is 13.1. The minimum absolute atomic E-state index is 0.0291. The Labute approximate surface area is 160 Å². The molecule has 140 valence electrons. The lowest BCUT2D eigenvalue weighted by Crippen LogP contribution is -2.49. The van der Waals surface area contributed by atoms with E-state index >= 15 is 0 Å². The van der Waals surface area contributed by atoms with Gasteiger partial charge in [0.05, 0.1) is 12.4 Å². The fourth-order valence-corrected chi connectivity index (χ4v) is 3.48. The van der Waals surface area contributed by atoms with Crippen molar-refractivity contribution >= 4 is 29.6 Å². The largest absolute Gasteiger partial charge is 0.396 e. The van der Waals surface area contributed by atoms with Crippen LogP contribution in [-0.2, 0) is 15.1 Å². The maximum absolute atomic E-state index is 13.3. The lowest BCUT2D eigenvalue weighted by molar-refractivity contribution is -0.137. The second-order valence-electron chi connectivity index (χ2n) is 5.86. The van der Waals surface area contributed by atoms with Gasteiger partial charge in [0.25, 0.3) is 5.91 Å². The second-order valence-corrected chi connectivity index (χ2v) is 6.97. The standard InChI is InChI=1S/C19H19N3O4S/c23-11-12-27-13-16(24)21-22-17(25)19(20-18(22)26,14-7-3-1-4-8-14)15-9-5-2-6-10-15/h1-10,23H,11-13H2,(H,20,26)(H,21,24). The van der Waals surface area contributed by atoms with Crippen LogP contribution in [0.4, 0.5) is 4.79 Å². The van der Waals surface area contributed by atoms with Crippen molar-refractivity contribution in [3.05, 3.63) is 71.8 Å². The lowest BCUT2D eigenvalue weighted by Gasteiger charge is -2.27. The molecule has 0 spiro atoms. The fraction of sp³-hybridized carbons (Fsp3) is 0.211. The first kappa shape index (κ1) is 18.9. The van der Waals surface area contributed by atoms with E-state index in [1.807, 2.05) is 12.1 Å². The number of imide groups is 1. The summed E-state index contributed by atoms with van der Waals surface area (Å²) in [7, 11) is 0. The van der Waals surface area contributed by atoms with Crippen LogP contribution < -0.4 is 10.7 Å². The maximum Gasteiger partial charge on any atom is 0.344 e. The van der Waals surface area contributed by atoms with Crippen molar-refractivity contribution in [2.45, 2.75) is 5.54 Å². The van der Waals surface area contributed by atoms with E-state index < -0.39 is 23.4 Å². The molecule has 0 bridgehead atoms. The highest BCUT2D eigenvalue weighted by molar-refractivity contribution is 7.99. The summed E-state index contributed by atoms with van der Waals surface area (Å²) in [5.74, 6) is -0.647. The molecule has 0 unspecified atom stereocenters. The van der Waals surface area contributed by atoms with Gasteiger partial charge in [-0.25, -0.2) is 4.79 Å². The number of amides is 4. The van der Waals surface area contributed by atoms with Crippen molar-refractivity contribution in [3.8, 4) is 0 Å². The molecule has 3 N–H and O–H groups in total. The third-order valence-electron chi connectivity index (χ3n) is 4.14. The minimum Gasteiger partial charge on any atom is -0.396 e. The third kappa shape index (κ3) is 3.67. The van der Waals surface area contributed by atoms with Crippen molar-refractivity contribution in [1.29, 1.82) is 0 Å². The van der Waals surface area contributed by atoms with Crippen LogP contribution >= 0.6 is 11.8 Å². The molecule has 3 rings (SSSR count). The third-order valence-corrected chi connectivity index (χ3v) is 5.08. The van der Waals surface area contributed by atoms with Gasteiger partial charge in [0, 0.05) is 5.75 Å². The minimum atomic E-state index is -1.41. The summed E-state index contributed by atoms with van der Waals surface area (Å²) in [4.78, 5) is 37.9. The Morgan fingerprint density at radius 3 is 2.11 bits per heavy atom. The Kier molecular flexibility index (Phi) is 5.78. The zero-order valence-electron chi connectivity index (χ0n) is 14.4. The zero-order chi connectivity index (χ0) is 19.3. The fourth-order valence-electron chi connectivity index (χ4n) is 2.95. The molecule has 4 amide bonds. The number of benzene rings is 2. The highest BCUT2D eigenvalue weighted by Crippen LogP contribution is 2.35. The molecule has 0 aliphatic carbocycles. The Hall–Kier alpha value is -2.84. The van der Waals surface area contributed by atoms with Gasteiger partial charge < -0.3 is 10.4 Å². The van der Waals surface area contributed by atoms with Crippen LogP contribution in [0.2, 0.25) is 0 Å². The number of hydrogen-bond acceptors (Lipinski definition) is 5. The predicted molar refractivity (Wildman–Crippen MR) is 102 cm³/mol. The first-order valence-corrected chi connectivity index (χ1v) is 9.51. The van der Waals surface area contributed by atoms with E-state index in [9.17, 15) is 14.4 Å². The summed E-state index contributed by atoms with van der Waals surface area (Å²) < 4.78 is 0. The molecule has 1 saturated heterocycles. The molecule has 7 nitrogen and oxygen atoms in total. The molecule has 27 heavy (non-hydrogen) atoms. The summed E-state index contributed by atoms with van der Waals surface area (Å²) in [6.45, 7) is -0.0494. The van der Waals surface area contributed by atoms with E-state index in [2.05, 4.69) is 10.7 Å². The van der Waals surface area contributed by atoms with Crippen LogP contribution in [0, 0.1) is 0 Å². The van der Waals surface area contributed by atoms with Gasteiger partial charge >= 0.3 is 6.03 Å². The van der Waals surface area contributed by atoms with Crippen molar-refractivity contribution in [2.75, 3.05) is 18.1 Å². The highest BCUT2D eigenvalue weighted by Gasteiger charge is 2.54. The number of aliphatic hydroxyl groups is 1. The molecule has 2 aromatic carbocycles. The number of hydrazine groups is 1. The Morgan fingerprint density at radius 2 is 1.59 bits per heavy atom. The van der Waals surface area contributed by atoms with Gasteiger partial charge in [-0.05, 0) is 11.1 Å². The quantitative estimate of drug-likeness (QED) is 0.492. The normalized spacial score (nSPS) is 15.5. The molecule has 1 fully saturated rings. The van der Waals surface area contributed by atoms with Gasteiger partial charge in [-0.3, -0.25) is 15.0 Å². The van der Waals surface area contributed by atoms with Crippen LogP contribution in [0.25, 0.3) is 0 Å². The second kappa shape index (κ2) is 8.24. The molecule has 0 saturated carbocycles. The summed E-state index contributed by atoms with van der Waals surface area (Å²) in [5.41, 5.74) is 2.15. The zero-order valence-corrected chi connectivity index (χ0v) is 15.2. The average molecular weight is 385 g/mol. The van der Waals surface area contributed by atoms with Crippen molar-refractivity contribution < 1.29 is 19.5 Å².